The van der Waals surface area contributed by atoms with Crippen LogP contribution in [0.5, 0.6) is 0 Å². The number of alkyl halides is 3. The van der Waals surface area contributed by atoms with Gasteiger partial charge in [-0.25, -0.2) is 13.4 Å². The summed E-state index contributed by atoms with van der Waals surface area (Å²) in [4.78, 5) is 7.03. The lowest BCUT2D eigenvalue weighted by molar-refractivity contribution is -0.141. The standard InChI is InChI=1S/C9H13F3N4O2S/c1-13-8-15-6(9(10,11)12)5-7(16-8)14-3-4-19(2,17)18/h5H,3-4H2,1-2H3,(H2,13,14,15,16). The Morgan fingerprint density at radius 2 is 1.95 bits per heavy atom. The predicted octanol–water partition coefficient (Wildman–Crippen LogP) is 0.994. The summed E-state index contributed by atoms with van der Waals surface area (Å²) in [5.74, 6) is -0.486. The number of hydrogen-bond acceptors (Lipinski definition) is 6. The molecule has 0 aliphatic carbocycles. The molecule has 0 fully saturated rings. The van der Waals surface area contributed by atoms with Gasteiger partial charge in [0, 0.05) is 25.9 Å². The van der Waals surface area contributed by atoms with Gasteiger partial charge in [-0.1, -0.05) is 0 Å². The monoisotopic (exact) mass is 298 g/mol. The van der Waals surface area contributed by atoms with Crippen LogP contribution in [0.4, 0.5) is 24.9 Å². The number of nitrogens with one attached hydrogen (secondary N) is 2. The van der Waals surface area contributed by atoms with Crippen LogP contribution < -0.4 is 10.6 Å². The second-order valence-electron chi connectivity index (χ2n) is 3.77. The van der Waals surface area contributed by atoms with E-state index < -0.39 is 21.7 Å². The number of rotatable bonds is 5. The lowest BCUT2D eigenvalue weighted by Crippen LogP contribution is -2.17. The van der Waals surface area contributed by atoms with Crippen molar-refractivity contribution in [3.8, 4) is 0 Å². The maximum Gasteiger partial charge on any atom is 0.433 e. The summed E-state index contributed by atoms with van der Waals surface area (Å²) in [5, 5.41) is 4.92. The zero-order valence-corrected chi connectivity index (χ0v) is 11.1. The van der Waals surface area contributed by atoms with Crippen molar-refractivity contribution in [3.05, 3.63) is 11.8 Å². The summed E-state index contributed by atoms with van der Waals surface area (Å²) in [6, 6.07) is 0.725. The summed E-state index contributed by atoms with van der Waals surface area (Å²) in [6.45, 7) is -0.0315. The number of sulfone groups is 1. The van der Waals surface area contributed by atoms with Crippen molar-refractivity contribution in [3.63, 3.8) is 0 Å². The lowest BCUT2D eigenvalue weighted by atomic mass is 10.4. The van der Waals surface area contributed by atoms with E-state index in [1.807, 2.05) is 0 Å². The van der Waals surface area contributed by atoms with Gasteiger partial charge >= 0.3 is 6.18 Å². The number of halogens is 3. The molecule has 0 atom stereocenters. The highest BCUT2D eigenvalue weighted by molar-refractivity contribution is 7.90. The fourth-order valence-electron chi connectivity index (χ4n) is 1.16. The molecule has 0 spiro atoms. The Hall–Kier alpha value is -1.58. The van der Waals surface area contributed by atoms with Crippen molar-refractivity contribution >= 4 is 21.6 Å². The Kier molecular flexibility index (Phi) is 4.56. The van der Waals surface area contributed by atoms with Crippen LogP contribution in [0.2, 0.25) is 0 Å². The van der Waals surface area contributed by atoms with Crippen LogP contribution in [0.3, 0.4) is 0 Å². The largest absolute Gasteiger partial charge is 0.433 e. The lowest BCUT2D eigenvalue weighted by Gasteiger charge is -2.11. The molecule has 0 unspecified atom stereocenters. The molecule has 1 aromatic rings. The van der Waals surface area contributed by atoms with E-state index in [-0.39, 0.29) is 24.1 Å². The number of nitrogens with zero attached hydrogens (tertiary/aromatic N) is 2. The minimum Gasteiger partial charge on any atom is -0.369 e. The number of anilines is 2. The summed E-state index contributed by atoms with van der Waals surface area (Å²) in [7, 11) is -1.81. The molecule has 1 aromatic heterocycles. The van der Waals surface area contributed by atoms with Crippen LogP contribution in [0, 0.1) is 0 Å². The first-order chi connectivity index (χ1) is 8.62. The highest BCUT2D eigenvalue weighted by Crippen LogP contribution is 2.29. The van der Waals surface area contributed by atoms with Gasteiger partial charge < -0.3 is 10.6 Å². The van der Waals surface area contributed by atoms with Crippen LogP contribution in [0.1, 0.15) is 5.69 Å². The minimum atomic E-state index is -4.60. The molecule has 0 saturated carbocycles. The van der Waals surface area contributed by atoms with Gasteiger partial charge in [0.25, 0.3) is 0 Å². The minimum absolute atomic E-state index is 0.0315. The molecular formula is C9H13F3N4O2S. The van der Waals surface area contributed by atoms with Crippen molar-refractivity contribution in [1.29, 1.82) is 0 Å². The van der Waals surface area contributed by atoms with Crippen LogP contribution in [-0.4, -0.2) is 44.0 Å². The first-order valence-electron chi connectivity index (χ1n) is 5.17. The van der Waals surface area contributed by atoms with E-state index >= 15 is 0 Å². The van der Waals surface area contributed by atoms with Gasteiger partial charge in [-0.3, -0.25) is 0 Å². The van der Waals surface area contributed by atoms with E-state index in [4.69, 9.17) is 0 Å². The summed E-state index contributed by atoms with van der Waals surface area (Å²) in [5.41, 5.74) is -1.10. The summed E-state index contributed by atoms with van der Waals surface area (Å²) < 4.78 is 59.5. The van der Waals surface area contributed by atoms with Gasteiger partial charge in [-0.05, 0) is 0 Å². The van der Waals surface area contributed by atoms with Crippen LogP contribution in [-0.2, 0) is 16.0 Å². The van der Waals surface area contributed by atoms with Crippen molar-refractivity contribution in [2.45, 2.75) is 6.18 Å². The second-order valence-corrected chi connectivity index (χ2v) is 6.03. The van der Waals surface area contributed by atoms with E-state index in [0.717, 1.165) is 12.3 Å². The predicted molar refractivity (Wildman–Crippen MR) is 64.8 cm³/mol. The molecule has 108 valence electrons. The Balaban J connectivity index is 2.89. The van der Waals surface area contributed by atoms with Gasteiger partial charge in [0.1, 0.15) is 15.7 Å². The topological polar surface area (TPSA) is 84.0 Å². The van der Waals surface area contributed by atoms with E-state index in [2.05, 4.69) is 20.6 Å². The van der Waals surface area contributed by atoms with E-state index in [9.17, 15) is 21.6 Å². The molecule has 0 saturated heterocycles. The fraction of sp³-hybridized carbons (Fsp3) is 0.556. The van der Waals surface area contributed by atoms with Gasteiger partial charge in [-0.2, -0.15) is 18.2 Å². The first kappa shape index (κ1) is 15.5. The number of hydrogen-bond donors (Lipinski definition) is 2. The molecule has 10 heteroatoms. The van der Waals surface area contributed by atoms with E-state index in [1.165, 1.54) is 7.05 Å². The van der Waals surface area contributed by atoms with Gasteiger partial charge in [0.2, 0.25) is 5.95 Å². The molecule has 1 rings (SSSR count). The Bertz CT molecular complexity index is 545. The smallest absolute Gasteiger partial charge is 0.369 e. The third-order valence-electron chi connectivity index (χ3n) is 2.02. The third kappa shape index (κ3) is 5.28. The van der Waals surface area contributed by atoms with Crippen molar-refractivity contribution in [1.82, 2.24) is 9.97 Å². The Morgan fingerprint density at radius 3 is 2.42 bits per heavy atom. The average Bonchev–Trinajstić information content (AvgIpc) is 2.25. The molecule has 0 aliphatic rings. The zero-order chi connectivity index (χ0) is 14.7. The van der Waals surface area contributed by atoms with Crippen LogP contribution in [0.25, 0.3) is 0 Å². The zero-order valence-electron chi connectivity index (χ0n) is 10.2. The molecule has 6 nitrogen and oxygen atoms in total. The molecule has 0 radical (unpaired) electrons. The summed E-state index contributed by atoms with van der Waals surface area (Å²) >= 11 is 0. The first-order valence-corrected chi connectivity index (χ1v) is 7.23. The molecule has 0 aromatic carbocycles. The van der Waals surface area contributed by atoms with Crippen molar-refractivity contribution < 1.29 is 21.6 Å². The van der Waals surface area contributed by atoms with Crippen molar-refractivity contribution in [2.75, 3.05) is 36.2 Å². The maximum atomic E-state index is 12.6. The Morgan fingerprint density at radius 1 is 1.32 bits per heavy atom. The number of aromatic nitrogens is 2. The summed E-state index contributed by atoms with van der Waals surface area (Å²) in [6.07, 6.45) is -3.56. The maximum absolute atomic E-state index is 12.6. The molecule has 1 heterocycles. The van der Waals surface area contributed by atoms with Gasteiger partial charge in [-0.15, -0.1) is 0 Å². The normalized spacial score (nSPS) is 12.3. The molecule has 2 N–H and O–H groups in total. The van der Waals surface area contributed by atoms with Crippen LogP contribution >= 0.6 is 0 Å². The molecule has 19 heavy (non-hydrogen) atoms. The molecule has 0 amide bonds. The SMILES string of the molecule is CNc1nc(NCCS(C)(=O)=O)cc(C(F)(F)F)n1. The van der Waals surface area contributed by atoms with Gasteiger partial charge in [0.15, 0.2) is 5.69 Å². The third-order valence-corrected chi connectivity index (χ3v) is 2.96. The van der Waals surface area contributed by atoms with Crippen LogP contribution in [0.15, 0.2) is 6.07 Å². The Labute approximate surface area is 108 Å². The molecular weight excluding hydrogens is 285 g/mol. The molecule has 0 aliphatic heterocycles. The van der Waals surface area contributed by atoms with Gasteiger partial charge in [0.05, 0.1) is 5.75 Å². The van der Waals surface area contributed by atoms with Crippen molar-refractivity contribution in [2.24, 2.45) is 0 Å². The molecule has 0 bridgehead atoms. The highest BCUT2D eigenvalue weighted by atomic mass is 32.2. The fourth-order valence-corrected chi connectivity index (χ4v) is 1.63. The second kappa shape index (κ2) is 5.59. The quantitative estimate of drug-likeness (QED) is 0.843. The van der Waals surface area contributed by atoms with E-state index in [0.29, 0.717) is 0 Å². The highest BCUT2D eigenvalue weighted by Gasteiger charge is 2.33. The average molecular weight is 298 g/mol. The van der Waals surface area contributed by atoms with E-state index in [1.54, 1.807) is 0 Å².